The van der Waals surface area contributed by atoms with Crippen molar-refractivity contribution in [3.05, 3.63) is 22.4 Å². The van der Waals surface area contributed by atoms with E-state index >= 15 is 0 Å². The predicted molar refractivity (Wildman–Crippen MR) is 53.8 cm³/mol. The van der Waals surface area contributed by atoms with Gasteiger partial charge in [0.05, 0.1) is 0 Å². The first-order chi connectivity index (χ1) is 6.36. The van der Waals surface area contributed by atoms with Crippen molar-refractivity contribution >= 4 is 17.2 Å². The van der Waals surface area contributed by atoms with Crippen molar-refractivity contribution in [2.75, 3.05) is 6.54 Å². The Bertz CT molecular complexity index is 281. The Balaban J connectivity index is 1.82. The second-order valence-electron chi connectivity index (χ2n) is 3.45. The summed E-state index contributed by atoms with van der Waals surface area (Å²) in [4.78, 5) is 11.2. The second kappa shape index (κ2) is 3.92. The van der Waals surface area contributed by atoms with Crippen LogP contribution in [0.1, 0.15) is 18.4 Å². The molecule has 1 atom stereocenters. The molecule has 2 heterocycles. The van der Waals surface area contributed by atoms with Crippen LogP contribution in [0.4, 0.5) is 0 Å². The van der Waals surface area contributed by atoms with Crippen molar-refractivity contribution in [1.29, 1.82) is 0 Å². The van der Waals surface area contributed by atoms with Gasteiger partial charge in [-0.1, -0.05) is 0 Å². The van der Waals surface area contributed by atoms with E-state index in [4.69, 9.17) is 0 Å². The molecular formula is C10H13NOS. The molecule has 1 N–H and O–H groups in total. The fraction of sp³-hybridized carbons (Fsp3) is 0.500. The van der Waals surface area contributed by atoms with Crippen molar-refractivity contribution in [2.24, 2.45) is 5.92 Å². The Labute approximate surface area is 82.0 Å². The van der Waals surface area contributed by atoms with Gasteiger partial charge in [0.25, 0.3) is 0 Å². The number of rotatable bonds is 3. The van der Waals surface area contributed by atoms with Gasteiger partial charge in [-0.25, -0.2) is 0 Å². The molecule has 1 saturated heterocycles. The normalized spacial score (nSPS) is 21.8. The lowest BCUT2D eigenvalue weighted by Crippen LogP contribution is -2.19. The first-order valence-corrected chi connectivity index (χ1v) is 5.59. The molecule has 0 radical (unpaired) electrons. The zero-order valence-electron chi connectivity index (χ0n) is 7.45. The Morgan fingerprint density at radius 2 is 2.54 bits per heavy atom. The largest absolute Gasteiger partial charge is 0.356 e. The molecule has 0 spiro atoms. The molecule has 0 aliphatic carbocycles. The first kappa shape index (κ1) is 8.75. The van der Waals surface area contributed by atoms with E-state index < -0.39 is 0 Å². The van der Waals surface area contributed by atoms with Gasteiger partial charge in [0, 0.05) is 12.5 Å². The van der Waals surface area contributed by atoms with Crippen LogP contribution < -0.4 is 5.32 Å². The number of carbonyl (C=O) groups excluding carboxylic acids is 1. The molecule has 1 aromatic rings. The molecule has 1 aliphatic heterocycles. The van der Waals surface area contributed by atoms with Gasteiger partial charge in [-0.15, -0.1) is 0 Å². The van der Waals surface area contributed by atoms with E-state index in [0.29, 0.717) is 0 Å². The highest BCUT2D eigenvalue weighted by molar-refractivity contribution is 7.07. The predicted octanol–water partition coefficient (Wildman–Crippen LogP) is 1.82. The van der Waals surface area contributed by atoms with Crippen LogP contribution in [0.15, 0.2) is 16.8 Å². The van der Waals surface area contributed by atoms with Gasteiger partial charge in [0.1, 0.15) is 0 Å². The SMILES string of the molecule is O=C1NCCC1CCc1ccsc1. The Hall–Kier alpha value is -0.830. The molecule has 1 amide bonds. The lowest BCUT2D eigenvalue weighted by molar-refractivity contribution is -0.122. The van der Waals surface area contributed by atoms with E-state index in [1.807, 2.05) is 0 Å². The lowest BCUT2D eigenvalue weighted by Gasteiger charge is -2.04. The highest BCUT2D eigenvalue weighted by atomic mass is 32.1. The summed E-state index contributed by atoms with van der Waals surface area (Å²) in [6.07, 6.45) is 3.06. The number of nitrogens with one attached hydrogen (secondary N) is 1. The van der Waals surface area contributed by atoms with Gasteiger partial charge in [-0.2, -0.15) is 11.3 Å². The maximum Gasteiger partial charge on any atom is 0.223 e. The fourth-order valence-electron chi connectivity index (χ4n) is 1.70. The van der Waals surface area contributed by atoms with E-state index in [2.05, 4.69) is 22.1 Å². The molecule has 70 valence electrons. The molecule has 1 fully saturated rings. The smallest absolute Gasteiger partial charge is 0.223 e. The molecular weight excluding hydrogens is 182 g/mol. The van der Waals surface area contributed by atoms with E-state index in [0.717, 1.165) is 25.8 Å². The zero-order chi connectivity index (χ0) is 9.10. The van der Waals surface area contributed by atoms with Crippen molar-refractivity contribution in [3.8, 4) is 0 Å². The molecule has 2 nitrogen and oxygen atoms in total. The van der Waals surface area contributed by atoms with Crippen molar-refractivity contribution < 1.29 is 4.79 Å². The highest BCUT2D eigenvalue weighted by Crippen LogP contribution is 2.18. The number of thiophene rings is 1. The van der Waals surface area contributed by atoms with Gasteiger partial charge in [-0.05, 0) is 41.7 Å². The Morgan fingerprint density at radius 3 is 3.15 bits per heavy atom. The molecule has 1 aliphatic rings. The van der Waals surface area contributed by atoms with Crippen LogP contribution in [-0.4, -0.2) is 12.5 Å². The summed E-state index contributed by atoms with van der Waals surface area (Å²) < 4.78 is 0. The number of hydrogen-bond acceptors (Lipinski definition) is 2. The van der Waals surface area contributed by atoms with Crippen LogP contribution in [0.25, 0.3) is 0 Å². The third-order valence-electron chi connectivity index (χ3n) is 2.52. The molecule has 0 saturated carbocycles. The lowest BCUT2D eigenvalue weighted by atomic mass is 10.00. The summed E-state index contributed by atoms with van der Waals surface area (Å²) in [6.45, 7) is 0.868. The van der Waals surface area contributed by atoms with Gasteiger partial charge in [0.2, 0.25) is 5.91 Å². The maximum absolute atomic E-state index is 11.2. The molecule has 13 heavy (non-hydrogen) atoms. The van der Waals surface area contributed by atoms with Crippen molar-refractivity contribution in [3.63, 3.8) is 0 Å². The third kappa shape index (κ3) is 2.10. The van der Waals surface area contributed by atoms with E-state index in [9.17, 15) is 4.79 Å². The van der Waals surface area contributed by atoms with Gasteiger partial charge in [-0.3, -0.25) is 4.79 Å². The quantitative estimate of drug-likeness (QED) is 0.783. The Kier molecular flexibility index (Phi) is 2.64. The summed E-state index contributed by atoms with van der Waals surface area (Å²) in [7, 11) is 0. The average molecular weight is 195 g/mol. The average Bonchev–Trinajstić information content (AvgIpc) is 2.72. The molecule has 1 unspecified atom stereocenters. The second-order valence-corrected chi connectivity index (χ2v) is 4.23. The third-order valence-corrected chi connectivity index (χ3v) is 3.26. The van der Waals surface area contributed by atoms with Crippen LogP contribution in [0.2, 0.25) is 0 Å². The summed E-state index contributed by atoms with van der Waals surface area (Å²) in [6, 6.07) is 2.14. The number of aryl methyl sites for hydroxylation is 1. The molecule has 0 aromatic carbocycles. The number of hydrogen-bond donors (Lipinski definition) is 1. The maximum atomic E-state index is 11.2. The van der Waals surface area contributed by atoms with E-state index in [1.54, 1.807) is 11.3 Å². The summed E-state index contributed by atoms with van der Waals surface area (Å²) in [5.74, 6) is 0.509. The highest BCUT2D eigenvalue weighted by Gasteiger charge is 2.23. The van der Waals surface area contributed by atoms with Gasteiger partial charge in [0.15, 0.2) is 0 Å². The fourth-order valence-corrected chi connectivity index (χ4v) is 2.40. The minimum Gasteiger partial charge on any atom is -0.356 e. The monoisotopic (exact) mass is 195 g/mol. The van der Waals surface area contributed by atoms with Crippen molar-refractivity contribution in [2.45, 2.75) is 19.3 Å². The number of carbonyl (C=O) groups is 1. The van der Waals surface area contributed by atoms with Crippen LogP contribution in [0.5, 0.6) is 0 Å². The standard InChI is InChI=1S/C10H13NOS/c12-10-9(3-5-11-10)2-1-8-4-6-13-7-8/h4,6-7,9H,1-3,5H2,(H,11,12). The molecule has 2 rings (SSSR count). The van der Waals surface area contributed by atoms with Gasteiger partial charge >= 0.3 is 0 Å². The molecule has 3 heteroatoms. The van der Waals surface area contributed by atoms with E-state index in [1.165, 1.54) is 5.56 Å². The molecule has 1 aromatic heterocycles. The minimum atomic E-state index is 0.246. The van der Waals surface area contributed by atoms with Gasteiger partial charge < -0.3 is 5.32 Å². The molecule has 0 bridgehead atoms. The summed E-state index contributed by atoms with van der Waals surface area (Å²) in [5.41, 5.74) is 1.37. The van der Waals surface area contributed by atoms with Crippen molar-refractivity contribution in [1.82, 2.24) is 5.32 Å². The zero-order valence-corrected chi connectivity index (χ0v) is 8.27. The van der Waals surface area contributed by atoms with Crippen LogP contribution in [0.3, 0.4) is 0 Å². The minimum absolute atomic E-state index is 0.246. The van der Waals surface area contributed by atoms with Crippen LogP contribution in [0, 0.1) is 5.92 Å². The summed E-state index contributed by atoms with van der Waals surface area (Å²) >= 11 is 1.72. The first-order valence-electron chi connectivity index (χ1n) is 4.65. The van der Waals surface area contributed by atoms with E-state index in [-0.39, 0.29) is 11.8 Å². The summed E-state index contributed by atoms with van der Waals surface area (Å²) in [5, 5.41) is 7.11. The Morgan fingerprint density at radius 1 is 1.62 bits per heavy atom. The van der Waals surface area contributed by atoms with Crippen LogP contribution in [-0.2, 0) is 11.2 Å². The number of amides is 1. The van der Waals surface area contributed by atoms with Crippen LogP contribution >= 0.6 is 11.3 Å². The topological polar surface area (TPSA) is 29.1 Å².